The molecule has 0 spiro atoms. The Kier molecular flexibility index (Phi) is 3.63. The van der Waals surface area contributed by atoms with Gasteiger partial charge in [0.25, 0.3) is 5.91 Å². The zero-order chi connectivity index (χ0) is 12.3. The molecule has 2 aliphatic rings. The molecule has 0 aromatic rings. The lowest BCUT2D eigenvalue weighted by atomic mass is 9.96. The quantitative estimate of drug-likeness (QED) is 0.664. The first-order valence-electron chi connectivity index (χ1n) is 5.65. The smallest absolute Gasteiger partial charge is 0.308 e. The Morgan fingerprint density at radius 2 is 2.18 bits per heavy atom. The lowest BCUT2D eigenvalue weighted by Gasteiger charge is -2.33. The van der Waals surface area contributed by atoms with E-state index in [4.69, 9.17) is 4.74 Å². The molecule has 0 bridgehead atoms. The number of carbonyl (C=O) groups is 2. The van der Waals surface area contributed by atoms with Crippen LogP contribution >= 0.6 is 0 Å². The Morgan fingerprint density at radius 1 is 1.47 bits per heavy atom. The third kappa shape index (κ3) is 2.76. The van der Waals surface area contributed by atoms with Crippen LogP contribution in [0.15, 0.2) is 22.4 Å². The molecule has 1 amide bonds. The molecule has 6 heteroatoms. The predicted molar refractivity (Wildman–Crippen MR) is 59.1 cm³/mol. The van der Waals surface area contributed by atoms with Gasteiger partial charge in [-0.05, 0) is 18.9 Å². The molecule has 1 unspecified atom stereocenters. The van der Waals surface area contributed by atoms with Gasteiger partial charge in [-0.15, -0.1) is 5.11 Å². The number of esters is 1. The van der Waals surface area contributed by atoms with Gasteiger partial charge in [-0.2, -0.15) is 5.11 Å². The molecule has 6 nitrogen and oxygen atoms in total. The SMILES string of the molecule is COC(=O)C1CCN(C2C=CC(=O)N=N2)CC1. The average molecular weight is 237 g/mol. The van der Waals surface area contributed by atoms with Crippen LogP contribution in [0.25, 0.3) is 0 Å². The van der Waals surface area contributed by atoms with Crippen molar-refractivity contribution in [3.8, 4) is 0 Å². The van der Waals surface area contributed by atoms with Gasteiger partial charge in [0.1, 0.15) is 6.17 Å². The van der Waals surface area contributed by atoms with Crippen LogP contribution < -0.4 is 0 Å². The second kappa shape index (κ2) is 5.18. The van der Waals surface area contributed by atoms with E-state index in [1.165, 1.54) is 13.2 Å². The first-order chi connectivity index (χ1) is 8.20. The first-order valence-corrected chi connectivity index (χ1v) is 5.65. The fourth-order valence-electron chi connectivity index (χ4n) is 2.12. The van der Waals surface area contributed by atoms with Gasteiger partial charge in [-0.25, -0.2) is 0 Å². The van der Waals surface area contributed by atoms with Gasteiger partial charge in [-0.3, -0.25) is 14.5 Å². The molecule has 1 fully saturated rings. The van der Waals surface area contributed by atoms with Crippen LogP contribution in [0.5, 0.6) is 0 Å². The molecule has 0 saturated carbocycles. The highest BCUT2D eigenvalue weighted by molar-refractivity contribution is 5.88. The van der Waals surface area contributed by atoms with E-state index in [-0.39, 0.29) is 24.0 Å². The van der Waals surface area contributed by atoms with E-state index in [1.807, 2.05) is 0 Å². The molecule has 0 aromatic heterocycles. The molecule has 0 aliphatic carbocycles. The molecule has 1 atom stereocenters. The molecule has 0 aromatic carbocycles. The van der Waals surface area contributed by atoms with Crippen molar-refractivity contribution >= 4 is 11.9 Å². The summed E-state index contributed by atoms with van der Waals surface area (Å²) in [4.78, 5) is 24.3. The van der Waals surface area contributed by atoms with E-state index in [1.54, 1.807) is 6.08 Å². The maximum atomic E-state index is 11.4. The van der Waals surface area contributed by atoms with Gasteiger partial charge in [0.15, 0.2) is 0 Å². The molecule has 2 aliphatic heterocycles. The van der Waals surface area contributed by atoms with Crippen molar-refractivity contribution in [2.75, 3.05) is 20.2 Å². The summed E-state index contributed by atoms with van der Waals surface area (Å²) in [5.74, 6) is -0.464. The minimum Gasteiger partial charge on any atom is -0.469 e. The highest BCUT2D eigenvalue weighted by Gasteiger charge is 2.29. The number of carbonyl (C=O) groups excluding carboxylic acids is 2. The van der Waals surface area contributed by atoms with Gasteiger partial charge >= 0.3 is 5.97 Å². The minimum absolute atomic E-state index is 0.0117. The van der Waals surface area contributed by atoms with Crippen LogP contribution in [0, 0.1) is 5.92 Å². The number of azo groups is 1. The van der Waals surface area contributed by atoms with Crippen LogP contribution in [-0.2, 0) is 14.3 Å². The number of likely N-dealkylation sites (tertiary alicyclic amines) is 1. The number of nitrogens with zero attached hydrogens (tertiary/aromatic N) is 3. The fourth-order valence-corrected chi connectivity index (χ4v) is 2.12. The summed E-state index contributed by atoms with van der Waals surface area (Å²) in [6.45, 7) is 1.53. The Labute approximate surface area is 99.3 Å². The van der Waals surface area contributed by atoms with Gasteiger partial charge in [0.05, 0.1) is 13.0 Å². The van der Waals surface area contributed by atoms with Crippen molar-refractivity contribution in [3.63, 3.8) is 0 Å². The number of hydrogen-bond acceptors (Lipinski definition) is 5. The summed E-state index contributed by atoms with van der Waals surface area (Å²) < 4.78 is 4.73. The van der Waals surface area contributed by atoms with Gasteiger partial charge in [0.2, 0.25) is 0 Å². The Hall–Kier alpha value is -1.56. The molecule has 92 valence electrons. The second-order valence-electron chi connectivity index (χ2n) is 4.16. The fraction of sp³-hybridized carbons (Fsp3) is 0.636. The maximum Gasteiger partial charge on any atom is 0.308 e. The highest BCUT2D eigenvalue weighted by atomic mass is 16.5. The number of methoxy groups -OCH3 is 1. The third-order valence-electron chi connectivity index (χ3n) is 3.12. The molecule has 2 rings (SSSR count). The molecule has 17 heavy (non-hydrogen) atoms. The highest BCUT2D eigenvalue weighted by Crippen LogP contribution is 2.21. The van der Waals surface area contributed by atoms with E-state index in [0.29, 0.717) is 0 Å². The van der Waals surface area contributed by atoms with Crippen molar-refractivity contribution < 1.29 is 14.3 Å². The molecule has 1 saturated heterocycles. The van der Waals surface area contributed by atoms with E-state index < -0.39 is 0 Å². The van der Waals surface area contributed by atoms with Crippen LogP contribution in [0.2, 0.25) is 0 Å². The van der Waals surface area contributed by atoms with Crippen LogP contribution in [0.1, 0.15) is 12.8 Å². The van der Waals surface area contributed by atoms with Gasteiger partial charge in [-0.1, -0.05) is 0 Å². The number of hydrogen-bond donors (Lipinski definition) is 0. The Morgan fingerprint density at radius 3 is 2.71 bits per heavy atom. The van der Waals surface area contributed by atoms with E-state index >= 15 is 0 Å². The lowest BCUT2D eigenvalue weighted by Crippen LogP contribution is -2.41. The Balaban J connectivity index is 1.87. The summed E-state index contributed by atoms with van der Waals surface area (Å²) in [5, 5.41) is 7.45. The zero-order valence-electron chi connectivity index (χ0n) is 9.70. The van der Waals surface area contributed by atoms with E-state index in [9.17, 15) is 9.59 Å². The van der Waals surface area contributed by atoms with Crippen LogP contribution in [0.3, 0.4) is 0 Å². The van der Waals surface area contributed by atoms with Crippen molar-refractivity contribution in [1.82, 2.24) is 4.90 Å². The van der Waals surface area contributed by atoms with Gasteiger partial charge in [0, 0.05) is 19.2 Å². The molecular weight excluding hydrogens is 222 g/mol. The summed E-state index contributed by atoms with van der Waals surface area (Å²) in [5.41, 5.74) is 0. The van der Waals surface area contributed by atoms with Crippen molar-refractivity contribution in [2.24, 2.45) is 16.1 Å². The normalized spacial score (nSPS) is 26.2. The molecular formula is C11H15N3O3. The summed E-state index contributed by atoms with van der Waals surface area (Å²) in [7, 11) is 1.42. The van der Waals surface area contributed by atoms with Gasteiger partial charge < -0.3 is 4.74 Å². The van der Waals surface area contributed by atoms with Crippen molar-refractivity contribution in [2.45, 2.75) is 19.0 Å². The third-order valence-corrected chi connectivity index (χ3v) is 3.12. The van der Waals surface area contributed by atoms with E-state index in [2.05, 4.69) is 15.1 Å². The second-order valence-corrected chi connectivity index (χ2v) is 4.16. The summed E-state index contributed by atoms with van der Waals surface area (Å²) >= 11 is 0. The standard InChI is InChI=1S/C11H15N3O3/c1-17-11(16)8-4-6-14(7-5-8)9-2-3-10(15)13-12-9/h2-3,8-9H,4-7H2,1H3. The zero-order valence-corrected chi connectivity index (χ0v) is 9.70. The molecule has 0 radical (unpaired) electrons. The monoisotopic (exact) mass is 237 g/mol. The lowest BCUT2D eigenvalue weighted by molar-refractivity contribution is -0.147. The van der Waals surface area contributed by atoms with Crippen molar-refractivity contribution in [1.29, 1.82) is 0 Å². The van der Waals surface area contributed by atoms with Crippen LogP contribution in [-0.4, -0.2) is 43.1 Å². The first kappa shape index (κ1) is 11.9. The maximum absolute atomic E-state index is 11.4. The summed E-state index contributed by atoms with van der Waals surface area (Å²) in [6, 6.07) is 0. The molecule has 2 heterocycles. The van der Waals surface area contributed by atoms with E-state index in [0.717, 1.165) is 25.9 Å². The van der Waals surface area contributed by atoms with Crippen molar-refractivity contribution in [3.05, 3.63) is 12.2 Å². The number of ether oxygens (including phenoxy) is 1. The largest absolute Gasteiger partial charge is 0.469 e. The number of rotatable bonds is 2. The minimum atomic E-state index is -0.314. The Bertz CT molecular complexity index is 354. The number of amides is 1. The van der Waals surface area contributed by atoms with Crippen LogP contribution in [0.4, 0.5) is 0 Å². The number of piperidine rings is 1. The molecule has 0 N–H and O–H groups in total. The average Bonchev–Trinajstić information content (AvgIpc) is 2.39. The predicted octanol–water partition coefficient (Wildman–Crippen LogP) is 0.746. The summed E-state index contributed by atoms with van der Waals surface area (Å²) in [6.07, 6.45) is 4.55. The topological polar surface area (TPSA) is 71.3 Å².